The molecular weight excluding hydrogens is 254 g/mol. The minimum atomic E-state index is -0.0652. The van der Waals surface area contributed by atoms with Gasteiger partial charge in [-0.25, -0.2) is 4.68 Å². The molecule has 106 valence electrons. The summed E-state index contributed by atoms with van der Waals surface area (Å²) in [6.07, 6.45) is 6.58. The maximum Gasteiger partial charge on any atom is 0.268 e. The molecule has 5 nitrogen and oxygen atoms in total. The Labute approximate surface area is 117 Å². The van der Waals surface area contributed by atoms with Crippen LogP contribution in [0.25, 0.3) is 11.5 Å². The van der Waals surface area contributed by atoms with E-state index in [-0.39, 0.29) is 5.56 Å². The summed E-state index contributed by atoms with van der Waals surface area (Å²) < 4.78 is 6.86. The maximum absolute atomic E-state index is 11.9. The Morgan fingerprint density at radius 1 is 1.10 bits per heavy atom. The van der Waals surface area contributed by atoms with Crippen LogP contribution < -0.4 is 5.56 Å². The predicted molar refractivity (Wildman–Crippen MR) is 76.2 cm³/mol. The first-order chi connectivity index (χ1) is 9.83. The molecule has 0 aliphatic carbocycles. The van der Waals surface area contributed by atoms with Crippen molar-refractivity contribution in [1.82, 2.24) is 14.7 Å². The van der Waals surface area contributed by atoms with E-state index >= 15 is 0 Å². The second-order valence-electron chi connectivity index (χ2n) is 5.21. The van der Waals surface area contributed by atoms with E-state index in [0.717, 1.165) is 13.1 Å². The first-order valence-corrected chi connectivity index (χ1v) is 7.17. The lowest BCUT2D eigenvalue weighted by molar-refractivity contribution is 0.210. The molecule has 5 heteroatoms. The van der Waals surface area contributed by atoms with Gasteiger partial charge in [0.25, 0.3) is 5.56 Å². The van der Waals surface area contributed by atoms with Crippen molar-refractivity contribution in [1.29, 1.82) is 0 Å². The number of furan rings is 1. The van der Waals surface area contributed by atoms with E-state index in [4.69, 9.17) is 4.42 Å². The average Bonchev–Trinajstić information content (AvgIpc) is 2.87. The molecule has 1 aliphatic rings. The predicted octanol–water partition coefficient (Wildman–Crippen LogP) is 2.34. The van der Waals surface area contributed by atoms with Crippen LogP contribution in [0.5, 0.6) is 0 Å². The van der Waals surface area contributed by atoms with Crippen LogP contribution in [-0.4, -0.2) is 27.8 Å². The maximum atomic E-state index is 11.9. The molecule has 0 N–H and O–H groups in total. The van der Waals surface area contributed by atoms with Crippen molar-refractivity contribution in [2.75, 3.05) is 13.1 Å². The molecule has 1 fully saturated rings. The minimum Gasteiger partial charge on any atom is -0.463 e. The van der Waals surface area contributed by atoms with Crippen molar-refractivity contribution in [2.24, 2.45) is 0 Å². The summed E-state index contributed by atoms with van der Waals surface area (Å²) in [6, 6.07) is 6.94. The minimum absolute atomic E-state index is 0.0652. The van der Waals surface area contributed by atoms with Crippen LogP contribution in [0.1, 0.15) is 25.7 Å². The van der Waals surface area contributed by atoms with Gasteiger partial charge >= 0.3 is 0 Å². The van der Waals surface area contributed by atoms with Gasteiger partial charge in [0.2, 0.25) is 0 Å². The summed E-state index contributed by atoms with van der Waals surface area (Å²) in [5.74, 6) is 0.689. The van der Waals surface area contributed by atoms with E-state index in [1.807, 2.05) is 12.1 Å². The fraction of sp³-hybridized carbons (Fsp3) is 0.467. The third-order valence-corrected chi connectivity index (χ3v) is 3.67. The second-order valence-corrected chi connectivity index (χ2v) is 5.21. The van der Waals surface area contributed by atoms with E-state index in [9.17, 15) is 4.79 Å². The van der Waals surface area contributed by atoms with Crippen LogP contribution in [0.15, 0.2) is 39.7 Å². The highest BCUT2D eigenvalue weighted by atomic mass is 16.3. The molecule has 20 heavy (non-hydrogen) atoms. The topological polar surface area (TPSA) is 51.3 Å². The lowest BCUT2D eigenvalue weighted by Crippen LogP contribution is -2.34. The van der Waals surface area contributed by atoms with Crippen molar-refractivity contribution >= 4 is 0 Å². The smallest absolute Gasteiger partial charge is 0.268 e. The fourth-order valence-corrected chi connectivity index (χ4v) is 2.57. The van der Waals surface area contributed by atoms with E-state index in [2.05, 4.69) is 10.00 Å². The third-order valence-electron chi connectivity index (χ3n) is 3.67. The Morgan fingerprint density at radius 2 is 1.90 bits per heavy atom. The van der Waals surface area contributed by atoms with Crippen molar-refractivity contribution in [3.05, 3.63) is 40.9 Å². The van der Waals surface area contributed by atoms with Gasteiger partial charge < -0.3 is 4.42 Å². The number of likely N-dealkylation sites (tertiary alicyclic amines) is 1. The first kappa shape index (κ1) is 13.1. The van der Waals surface area contributed by atoms with Crippen molar-refractivity contribution in [3.8, 4) is 11.5 Å². The van der Waals surface area contributed by atoms with Crippen LogP contribution in [0.3, 0.4) is 0 Å². The summed E-state index contributed by atoms with van der Waals surface area (Å²) in [4.78, 5) is 14.2. The second kappa shape index (κ2) is 6.05. The van der Waals surface area contributed by atoms with Gasteiger partial charge in [0, 0.05) is 6.07 Å². The summed E-state index contributed by atoms with van der Waals surface area (Å²) >= 11 is 0. The highest BCUT2D eigenvalue weighted by molar-refractivity contribution is 5.50. The zero-order valence-corrected chi connectivity index (χ0v) is 11.5. The molecule has 0 bridgehead atoms. The van der Waals surface area contributed by atoms with Crippen molar-refractivity contribution in [3.63, 3.8) is 0 Å². The third kappa shape index (κ3) is 2.99. The Morgan fingerprint density at radius 3 is 2.60 bits per heavy atom. The standard InChI is InChI=1S/C15H19N3O2/c19-15-8-7-13(14-6-5-11-20-14)16-18(15)12-17-9-3-1-2-4-10-17/h5-8,11H,1-4,9-10,12H2. The Hall–Kier alpha value is -1.88. The molecule has 0 radical (unpaired) electrons. The Kier molecular flexibility index (Phi) is 3.97. The number of hydrogen-bond acceptors (Lipinski definition) is 4. The molecule has 0 unspecified atom stereocenters. The first-order valence-electron chi connectivity index (χ1n) is 7.17. The van der Waals surface area contributed by atoms with Crippen LogP contribution in [-0.2, 0) is 6.67 Å². The monoisotopic (exact) mass is 273 g/mol. The summed E-state index contributed by atoms with van der Waals surface area (Å²) in [7, 11) is 0. The van der Waals surface area contributed by atoms with Gasteiger partial charge in [-0.2, -0.15) is 5.10 Å². The molecule has 1 aliphatic heterocycles. The number of hydrogen-bond donors (Lipinski definition) is 0. The molecule has 2 aromatic rings. The molecule has 2 aromatic heterocycles. The SMILES string of the molecule is O=c1ccc(-c2ccco2)nn1CN1CCCCCC1. The summed E-state index contributed by atoms with van der Waals surface area (Å²) in [5, 5.41) is 4.41. The number of rotatable bonds is 3. The number of aromatic nitrogens is 2. The van der Waals surface area contributed by atoms with Gasteiger partial charge in [-0.3, -0.25) is 9.69 Å². The largest absolute Gasteiger partial charge is 0.463 e. The molecule has 0 saturated carbocycles. The highest BCUT2D eigenvalue weighted by Gasteiger charge is 2.12. The summed E-state index contributed by atoms with van der Waals surface area (Å²) in [5.41, 5.74) is 0.633. The molecule has 1 saturated heterocycles. The Bertz CT molecular complexity index is 596. The lowest BCUT2D eigenvalue weighted by Gasteiger charge is -2.20. The van der Waals surface area contributed by atoms with Gasteiger partial charge in [0.15, 0.2) is 5.76 Å². The van der Waals surface area contributed by atoms with Gasteiger partial charge in [0.05, 0.1) is 12.9 Å². The quantitative estimate of drug-likeness (QED) is 0.861. The van der Waals surface area contributed by atoms with Gasteiger partial charge in [-0.15, -0.1) is 0 Å². The van der Waals surface area contributed by atoms with Gasteiger partial charge in [-0.05, 0) is 44.1 Å². The average molecular weight is 273 g/mol. The normalized spacial score (nSPS) is 17.0. The molecular formula is C15H19N3O2. The van der Waals surface area contributed by atoms with Gasteiger partial charge in [0.1, 0.15) is 5.69 Å². The van der Waals surface area contributed by atoms with Crippen LogP contribution >= 0.6 is 0 Å². The molecule has 3 heterocycles. The summed E-state index contributed by atoms with van der Waals surface area (Å²) in [6.45, 7) is 2.64. The van der Waals surface area contributed by atoms with Crippen LogP contribution in [0, 0.1) is 0 Å². The molecule has 3 rings (SSSR count). The lowest BCUT2D eigenvalue weighted by atomic mass is 10.2. The van der Waals surface area contributed by atoms with E-state index in [0.29, 0.717) is 18.1 Å². The van der Waals surface area contributed by atoms with E-state index in [1.165, 1.54) is 30.4 Å². The van der Waals surface area contributed by atoms with Gasteiger partial charge in [-0.1, -0.05) is 12.8 Å². The molecule has 0 aromatic carbocycles. The van der Waals surface area contributed by atoms with Crippen LogP contribution in [0.2, 0.25) is 0 Å². The molecule has 0 spiro atoms. The molecule has 0 atom stereocenters. The van der Waals surface area contributed by atoms with Crippen LogP contribution in [0.4, 0.5) is 0 Å². The van der Waals surface area contributed by atoms with Crippen molar-refractivity contribution < 1.29 is 4.42 Å². The Balaban J connectivity index is 1.81. The highest BCUT2D eigenvalue weighted by Crippen LogP contribution is 2.15. The van der Waals surface area contributed by atoms with Crippen molar-refractivity contribution in [2.45, 2.75) is 32.4 Å². The fourth-order valence-electron chi connectivity index (χ4n) is 2.57. The van der Waals surface area contributed by atoms with E-state index in [1.54, 1.807) is 18.4 Å². The molecule has 0 amide bonds. The number of nitrogens with zero attached hydrogens (tertiary/aromatic N) is 3. The van der Waals surface area contributed by atoms with E-state index < -0.39 is 0 Å². The zero-order chi connectivity index (χ0) is 13.8. The zero-order valence-electron chi connectivity index (χ0n) is 11.5.